The van der Waals surface area contributed by atoms with Crippen molar-refractivity contribution in [3.8, 4) is 11.4 Å². The number of nitrogens with zero attached hydrogens (tertiary/aromatic N) is 3. The number of nitrogens with one attached hydrogen (secondary N) is 2. The Morgan fingerprint density at radius 1 is 1.24 bits per heavy atom. The van der Waals surface area contributed by atoms with Crippen LogP contribution in [0.25, 0.3) is 11.4 Å². The highest BCUT2D eigenvalue weighted by Crippen LogP contribution is 2.48. The molecule has 2 atom stereocenters. The first kappa shape index (κ1) is 22.1. The van der Waals surface area contributed by atoms with Crippen molar-refractivity contribution in [2.45, 2.75) is 58.3 Å². The molecular formula is C25H33N5O3. The molecule has 3 aliphatic rings. The van der Waals surface area contributed by atoms with E-state index in [9.17, 15) is 4.79 Å². The number of carbonyl (C=O) groups is 1. The minimum absolute atomic E-state index is 0.212. The van der Waals surface area contributed by atoms with Gasteiger partial charge in [-0.3, -0.25) is 0 Å². The molecule has 0 bridgehead atoms. The number of benzene rings is 1. The maximum atomic E-state index is 11.8. The molecular weight excluding hydrogens is 418 g/mol. The van der Waals surface area contributed by atoms with E-state index in [0.29, 0.717) is 32.2 Å². The van der Waals surface area contributed by atoms with Crippen LogP contribution < -0.4 is 15.5 Å². The first-order valence-electron chi connectivity index (χ1n) is 12.0. The average Bonchev–Trinajstić information content (AvgIpc) is 3.55. The molecule has 8 nitrogen and oxygen atoms in total. The van der Waals surface area contributed by atoms with Gasteiger partial charge >= 0.3 is 6.03 Å². The molecule has 1 unspecified atom stereocenters. The summed E-state index contributed by atoms with van der Waals surface area (Å²) >= 11 is 0. The van der Waals surface area contributed by atoms with Crippen LogP contribution in [0.2, 0.25) is 0 Å². The molecule has 2 fully saturated rings. The lowest BCUT2D eigenvalue weighted by Crippen LogP contribution is -2.44. The van der Waals surface area contributed by atoms with Gasteiger partial charge in [0, 0.05) is 29.9 Å². The maximum absolute atomic E-state index is 11.8. The summed E-state index contributed by atoms with van der Waals surface area (Å²) in [5, 5.41) is 5.58. The summed E-state index contributed by atoms with van der Waals surface area (Å²) in [6.07, 6.45) is 3.56. The summed E-state index contributed by atoms with van der Waals surface area (Å²) in [5.74, 6) is 2.39. The Hall–Kier alpha value is -2.71. The molecule has 1 aromatic heterocycles. The number of carbonyl (C=O) groups excluding carboxylic acids is 1. The second-order valence-electron chi connectivity index (χ2n) is 9.54. The zero-order valence-corrected chi connectivity index (χ0v) is 19.7. The van der Waals surface area contributed by atoms with Crippen molar-refractivity contribution in [3.63, 3.8) is 0 Å². The van der Waals surface area contributed by atoms with Crippen molar-refractivity contribution in [1.82, 2.24) is 15.3 Å². The van der Waals surface area contributed by atoms with Crippen molar-refractivity contribution in [2.75, 3.05) is 36.5 Å². The summed E-state index contributed by atoms with van der Waals surface area (Å²) < 4.78 is 12.1. The van der Waals surface area contributed by atoms with E-state index in [4.69, 9.17) is 19.4 Å². The van der Waals surface area contributed by atoms with E-state index < -0.39 is 0 Å². The van der Waals surface area contributed by atoms with Gasteiger partial charge in [-0.1, -0.05) is 12.8 Å². The highest BCUT2D eigenvalue weighted by atomic mass is 16.5. The maximum Gasteiger partial charge on any atom is 0.319 e. The lowest BCUT2D eigenvalue weighted by molar-refractivity contribution is -0.0356. The molecule has 1 aromatic carbocycles. The first-order valence-corrected chi connectivity index (χ1v) is 12.0. The Morgan fingerprint density at radius 2 is 2.03 bits per heavy atom. The van der Waals surface area contributed by atoms with Crippen LogP contribution in [0, 0.1) is 5.92 Å². The van der Waals surface area contributed by atoms with E-state index in [1.54, 1.807) is 0 Å². The molecule has 0 spiro atoms. The van der Waals surface area contributed by atoms with Crippen LogP contribution in [-0.2, 0) is 21.7 Å². The summed E-state index contributed by atoms with van der Waals surface area (Å²) in [4.78, 5) is 24.3. The molecule has 2 N–H and O–H groups in total. The SMILES string of the molecule is CCNC(=O)Nc1ccc(-c2nc(N3CCOC[C@@H]3C)c3c(n2)C(C)(CC2CC2)OC3)cc1. The Balaban J connectivity index is 1.51. The molecule has 2 aliphatic heterocycles. The number of ether oxygens (including phenoxy) is 2. The van der Waals surface area contributed by atoms with Gasteiger partial charge in [0.05, 0.1) is 31.6 Å². The van der Waals surface area contributed by atoms with E-state index in [-0.39, 0.29) is 17.7 Å². The Bertz CT molecular complexity index is 1020. The van der Waals surface area contributed by atoms with Gasteiger partial charge in [0.25, 0.3) is 0 Å². The third-order valence-corrected chi connectivity index (χ3v) is 6.77. The molecule has 1 saturated carbocycles. The zero-order chi connectivity index (χ0) is 23.0. The van der Waals surface area contributed by atoms with Gasteiger partial charge in [-0.15, -0.1) is 0 Å². The number of hydrogen-bond donors (Lipinski definition) is 2. The quantitative estimate of drug-likeness (QED) is 0.689. The lowest BCUT2D eigenvalue weighted by Gasteiger charge is -2.35. The number of rotatable bonds is 6. The van der Waals surface area contributed by atoms with Crippen LogP contribution >= 0.6 is 0 Å². The van der Waals surface area contributed by atoms with E-state index >= 15 is 0 Å². The fraction of sp³-hybridized carbons (Fsp3) is 0.560. The molecule has 176 valence electrons. The molecule has 1 saturated heterocycles. The number of morpholine rings is 1. The summed E-state index contributed by atoms with van der Waals surface area (Å²) in [7, 11) is 0. The normalized spacial score (nSPS) is 24.5. The number of fused-ring (bicyclic) bond motifs is 1. The van der Waals surface area contributed by atoms with Crippen LogP contribution in [0.1, 0.15) is 51.3 Å². The van der Waals surface area contributed by atoms with Crippen LogP contribution in [0.4, 0.5) is 16.3 Å². The number of hydrogen-bond acceptors (Lipinski definition) is 6. The van der Waals surface area contributed by atoms with Crippen molar-refractivity contribution < 1.29 is 14.3 Å². The zero-order valence-electron chi connectivity index (χ0n) is 19.7. The van der Waals surface area contributed by atoms with Crippen LogP contribution in [0.3, 0.4) is 0 Å². The standard InChI is InChI=1S/C25H33N5O3/c1-4-26-24(31)27-19-9-7-18(8-10-19)22-28-21-20(15-33-25(21,3)13-17-5-6-17)23(29-22)30-11-12-32-14-16(30)2/h7-10,16-17H,4-6,11-15H2,1-3H3,(H2,26,27,31)/t16-,25?/m0/s1. The minimum Gasteiger partial charge on any atom is -0.377 e. The topological polar surface area (TPSA) is 88.6 Å². The van der Waals surface area contributed by atoms with Crippen molar-refractivity contribution in [3.05, 3.63) is 35.5 Å². The first-order chi connectivity index (χ1) is 16.0. The van der Waals surface area contributed by atoms with E-state index in [1.807, 2.05) is 31.2 Å². The average molecular weight is 452 g/mol. The lowest BCUT2D eigenvalue weighted by atomic mass is 9.93. The Morgan fingerprint density at radius 3 is 2.73 bits per heavy atom. The molecule has 3 heterocycles. The monoisotopic (exact) mass is 451 g/mol. The van der Waals surface area contributed by atoms with E-state index in [0.717, 1.165) is 47.2 Å². The summed E-state index contributed by atoms with van der Waals surface area (Å²) in [6, 6.07) is 7.73. The number of aromatic nitrogens is 2. The molecule has 0 radical (unpaired) electrons. The van der Waals surface area contributed by atoms with Gasteiger partial charge in [-0.05, 0) is 57.4 Å². The van der Waals surface area contributed by atoms with Crippen LogP contribution in [-0.4, -0.2) is 48.3 Å². The summed E-state index contributed by atoms with van der Waals surface area (Å²) in [5.41, 5.74) is 3.41. The minimum atomic E-state index is -0.377. The van der Waals surface area contributed by atoms with E-state index in [1.165, 1.54) is 12.8 Å². The molecule has 1 aliphatic carbocycles. The van der Waals surface area contributed by atoms with Gasteiger partial charge in [0.2, 0.25) is 0 Å². The van der Waals surface area contributed by atoms with Gasteiger partial charge in [0.1, 0.15) is 11.4 Å². The molecule has 5 rings (SSSR count). The van der Waals surface area contributed by atoms with Gasteiger partial charge in [-0.2, -0.15) is 0 Å². The van der Waals surface area contributed by atoms with Crippen molar-refractivity contribution >= 4 is 17.5 Å². The fourth-order valence-electron chi connectivity index (χ4n) is 4.82. The highest BCUT2D eigenvalue weighted by molar-refractivity contribution is 5.89. The van der Waals surface area contributed by atoms with Gasteiger partial charge in [0.15, 0.2) is 5.82 Å². The smallest absolute Gasteiger partial charge is 0.319 e. The summed E-state index contributed by atoms with van der Waals surface area (Å²) in [6.45, 7) is 9.56. The third kappa shape index (κ3) is 4.54. The van der Waals surface area contributed by atoms with Crippen molar-refractivity contribution in [1.29, 1.82) is 0 Å². The second kappa shape index (κ2) is 8.91. The molecule has 2 aromatic rings. The second-order valence-corrected chi connectivity index (χ2v) is 9.54. The van der Waals surface area contributed by atoms with Crippen LogP contribution in [0.5, 0.6) is 0 Å². The van der Waals surface area contributed by atoms with Crippen molar-refractivity contribution in [2.24, 2.45) is 5.92 Å². The predicted molar refractivity (Wildman–Crippen MR) is 127 cm³/mol. The highest BCUT2D eigenvalue weighted by Gasteiger charge is 2.44. The van der Waals surface area contributed by atoms with Gasteiger partial charge < -0.3 is 25.0 Å². The van der Waals surface area contributed by atoms with E-state index in [2.05, 4.69) is 29.4 Å². The molecule has 2 amide bonds. The third-order valence-electron chi connectivity index (χ3n) is 6.77. The van der Waals surface area contributed by atoms with Gasteiger partial charge in [-0.25, -0.2) is 14.8 Å². The number of anilines is 2. The number of amides is 2. The fourth-order valence-corrected chi connectivity index (χ4v) is 4.82. The molecule has 8 heteroatoms. The Kier molecular flexibility index (Phi) is 5.97. The predicted octanol–water partition coefficient (Wildman–Crippen LogP) is 4.06. The Labute approximate surface area is 195 Å². The van der Waals surface area contributed by atoms with Crippen LogP contribution in [0.15, 0.2) is 24.3 Å². The number of urea groups is 1. The largest absolute Gasteiger partial charge is 0.377 e. The molecule has 33 heavy (non-hydrogen) atoms.